The van der Waals surface area contributed by atoms with E-state index in [1.807, 2.05) is 30.3 Å². The lowest BCUT2D eigenvalue weighted by Crippen LogP contribution is -2.39. The summed E-state index contributed by atoms with van der Waals surface area (Å²) in [5, 5.41) is 9.86. The second-order valence-electron chi connectivity index (χ2n) is 4.90. The van der Waals surface area contributed by atoms with E-state index >= 15 is 0 Å². The lowest BCUT2D eigenvalue weighted by Gasteiger charge is -2.18. The van der Waals surface area contributed by atoms with Crippen LogP contribution in [0.3, 0.4) is 0 Å². The zero-order chi connectivity index (χ0) is 12.1. The largest absolute Gasteiger partial charge is 0.389 e. The van der Waals surface area contributed by atoms with Crippen molar-refractivity contribution in [1.29, 1.82) is 0 Å². The fourth-order valence-electron chi connectivity index (χ4n) is 1.79. The van der Waals surface area contributed by atoms with Crippen molar-refractivity contribution in [3.05, 3.63) is 35.9 Å². The van der Waals surface area contributed by atoms with Crippen LogP contribution in [0.2, 0.25) is 0 Å². The first-order valence-electron chi connectivity index (χ1n) is 6.31. The first-order chi connectivity index (χ1) is 8.25. The predicted molar refractivity (Wildman–Crippen MR) is 67.7 cm³/mol. The highest BCUT2D eigenvalue weighted by atomic mass is 16.5. The Labute approximate surface area is 103 Å². The summed E-state index contributed by atoms with van der Waals surface area (Å²) in [6, 6.07) is 9.74. The van der Waals surface area contributed by atoms with Crippen LogP contribution in [0, 0.1) is 5.92 Å². The summed E-state index contributed by atoms with van der Waals surface area (Å²) in [4.78, 5) is 0. The molecular weight excluding hydrogens is 214 g/mol. The monoisotopic (exact) mass is 235 g/mol. The van der Waals surface area contributed by atoms with E-state index in [0.29, 0.717) is 13.0 Å². The normalized spacial score (nSPS) is 18.9. The van der Waals surface area contributed by atoms with Crippen LogP contribution in [0.1, 0.15) is 18.4 Å². The second-order valence-corrected chi connectivity index (χ2v) is 4.90. The molecule has 3 N–H and O–H groups in total. The fourth-order valence-corrected chi connectivity index (χ4v) is 1.79. The molecule has 3 nitrogen and oxygen atoms in total. The van der Waals surface area contributed by atoms with Crippen LogP contribution in [-0.2, 0) is 11.2 Å². The van der Waals surface area contributed by atoms with Gasteiger partial charge in [-0.15, -0.1) is 0 Å². The molecule has 1 aliphatic rings. The average Bonchev–Trinajstić information content (AvgIpc) is 3.14. The molecule has 0 heterocycles. The minimum atomic E-state index is -0.575. The lowest BCUT2D eigenvalue weighted by atomic mass is 10.0. The minimum absolute atomic E-state index is 0.253. The molecule has 94 valence electrons. The molecule has 0 amide bonds. The van der Waals surface area contributed by atoms with Crippen molar-refractivity contribution >= 4 is 0 Å². The molecule has 1 aliphatic carbocycles. The van der Waals surface area contributed by atoms with Crippen LogP contribution < -0.4 is 5.73 Å². The topological polar surface area (TPSA) is 55.5 Å². The summed E-state index contributed by atoms with van der Waals surface area (Å²) in [6.07, 6.45) is 2.65. The van der Waals surface area contributed by atoms with Crippen LogP contribution in [0.15, 0.2) is 30.3 Å². The third-order valence-corrected chi connectivity index (χ3v) is 3.15. The minimum Gasteiger partial charge on any atom is -0.389 e. The highest BCUT2D eigenvalue weighted by Gasteiger charge is 2.22. The number of aliphatic hydroxyl groups excluding tert-OH is 1. The molecule has 1 fully saturated rings. The van der Waals surface area contributed by atoms with E-state index in [2.05, 4.69) is 0 Å². The quantitative estimate of drug-likeness (QED) is 0.750. The SMILES string of the molecule is NC(Cc1ccccc1)C(O)COCC1CC1. The maximum atomic E-state index is 9.86. The molecule has 1 saturated carbocycles. The Kier molecular flexibility index (Phi) is 4.54. The van der Waals surface area contributed by atoms with Gasteiger partial charge in [0.25, 0.3) is 0 Å². The molecule has 17 heavy (non-hydrogen) atoms. The van der Waals surface area contributed by atoms with E-state index in [9.17, 15) is 5.11 Å². The molecule has 0 bridgehead atoms. The van der Waals surface area contributed by atoms with Gasteiger partial charge in [-0.2, -0.15) is 0 Å². The van der Waals surface area contributed by atoms with Gasteiger partial charge in [-0.3, -0.25) is 0 Å². The summed E-state index contributed by atoms with van der Waals surface area (Å²) in [6.45, 7) is 1.12. The van der Waals surface area contributed by atoms with Crippen LogP contribution in [0.4, 0.5) is 0 Å². The number of ether oxygens (including phenoxy) is 1. The summed E-state index contributed by atoms with van der Waals surface area (Å²) in [7, 11) is 0. The Hall–Kier alpha value is -0.900. The van der Waals surface area contributed by atoms with Crippen molar-refractivity contribution in [2.24, 2.45) is 11.7 Å². The molecular formula is C14H21NO2. The maximum absolute atomic E-state index is 9.86. The first kappa shape index (κ1) is 12.6. The van der Waals surface area contributed by atoms with E-state index in [1.165, 1.54) is 12.8 Å². The van der Waals surface area contributed by atoms with Crippen molar-refractivity contribution in [2.75, 3.05) is 13.2 Å². The fraction of sp³-hybridized carbons (Fsp3) is 0.571. The highest BCUT2D eigenvalue weighted by Crippen LogP contribution is 2.28. The average molecular weight is 235 g/mol. The van der Waals surface area contributed by atoms with Gasteiger partial charge in [-0.05, 0) is 30.7 Å². The number of hydrogen-bond donors (Lipinski definition) is 2. The first-order valence-corrected chi connectivity index (χ1v) is 6.31. The number of nitrogens with two attached hydrogens (primary N) is 1. The number of aliphatic hydroxyl groups is 1. The zero-order valence-electron chi connectivity index (χ0n) is 10.1. The van der Waals surface area contributed by atoms with Crippen molar-refractivity contribution < 1.29 is 9.84 Å². The number of benzene rings is 1. The molecule has 0 aromatic heterocycles. The zero-order valence-corrected chi connectivity index (χ0v) is 10.1. The third-order valence-electron chi connectivity index (χ3n) is 3.15. The van der Waals surface area contributed by atoms with Gasteiger partial charge in [0, 0.05) is 12.6 Å². The van der Waals surface area contributed by atoms with Gasteiger partial charge in [0.15, 0.2) is 0 Å². The maximum Gasteiger partial charge on any atom is 0.0927 e. The molecule has 2 unspecified atom stereocenters. The van der Waals surface area contributed by atoms with E-state index in [-0.39, 0.29) is 6.04 Å². The standard InChI is InChI=1S/C14H21NO2/c15-13(8-11-4-2-1-3-5-11)14(16)10-17-9-12-6-7-12/h1-5,12-14,16H,6-10,15H2. The third kappa shape index (κ3) is 4.46. The molecule has 0 aliphatic heterocycles. The second kappa shape index (κ2) is 6.15. The Morgan fingerprint density at radius 1 is 1.29 bits per heavy atom. The van der Waals surface area contributed by atoms with Gasteiger partial charge in [-0.1, -0.05) is 30.3 Å². The molecule has 2 rings (SSSR count). The number of rotatable bonds is 7. The number of hydrogen-bond acceptors (Lipinski definition) is 3. The Morgan fingerprint density at radius 2 is 2.00 bits per heavy atom. The van der Waals surface area contributed by atoms with Crippen molar-refractivity contribution in [1.82, 2.24) is 0 Å². The summed E-state index contributed by atoms with van der Waals surface area (Å²) in [5.74, 6) is 0.729. The lowest BCUT2D eigenvalue weighted by molar-refractivity contribution is 0.0196. The Bertz CT molecular complexity index is 324. The molecule has 0 saturated heterocycles. The molecule has 0 radical (unpaired) electrons. The smallest absolute Gasteiger partial charge is 0.0927 e. The van der Waals surface area contributed by atoms with E-state index in [4.69, 9.17) is 10.5 Å². The van der Waals surface area contributed by atoms with Gasteiger partial charge in [0.05, 0.1) is 12.7 Å². The Morgan fingerprint density at radius 3 is 2.65 bits per heavy atom. The molecule has 1 aromatic rings. The van der Waals surface area contributed by atoms with Crippen LogP contribution in [0.25, 0.3) is 0 Å². The van der Waals surface area contributed by atoms with Crippen LogP contribution >= 0.6 is 0 Å². The van der Waals surface area contributed by atoms with Gasteiger partial charge in [0.2, 0.25) is 0 Å². The molecule has 2 atom stereocenters. The Balaban J connectivity index is 1.68. The van der Waals surface area contributed by atoms with E-state index in [1.54, 1.807) is 0 Å². The molecule has 3 heteroatoms. The van der Waals surface area contributed by atoms with E-state index < -0.39 is 6.10 Å². The van der Waals surface area contributed by atoms with Crippen molar-refractivity contribution in [2.45, 2.75) is 31.4 Å². The summed E-state index contributed by atoms with van der Waals surface area (Å²) >= 11 is 0. The van der Waals surface area contributed by atoms with Gasteiger partial charge < -0.3 is 15.6 Å². The van der Waals surface area contributed by atoms with Gasteiger partial charge in [0.1, 0.15) is 0 Å². The molecule has 1 aromatic carbocycles. The predicted octanol–water partition coefficient (Wildman–Crippen LogP) is 1.34. The van der Waals surface area contributed by atoms with Crippen molar-refractivity contribution in [3.63, 3.8) is 0 Å². The van der Waals surface area contributed by atoms with Crippen molar-refractivity contribution in [3.8, 4) is 0 Å². The van der Waals surface area contributed by atoms with Gasteiger partial charge >= 0.3 is 0 Å². The summed E-state index contributed by atoms with van der Waals surface area (Å²) < 4.78 is 5.45. The van der Waals surface area contributed by atoms with Crippen LogP contribution in [0.5, 0.6) is 0 Å². The summed E-state index contributed by atoms with van der Waals surface area (Å²) in [5.41, 5.74) is 7.11. The highest BCUT2D eigenvalue weighted by molar-refractivity contribution is 5.16. The van der Waals surface area contributed by atoms with E-state index in [0.717, 1.165) is 18.1 Å². The van der Waals surface area contributed by atoms with Crippen LogP contribution in [-0.4, -0.2) is 30.5 Å². The molecule has 0 spiro atoms. The van der Waals surface area contributed by atoms with Gasteiger partial charge in [-0.25, -0.2) is 0 Å².